The summed E-state index contributed by atoms with van der Waals surface area (Å²) in [6.45, 7) is 0. The van der Waals surface area contributed by atoms with E-state index in [-0.39, 0.29) is 0 Å². The van der Waals surface area contributed by atoms with Gasteiger partial charge in [-0.2, -0.15) is 0 Å². The smallest absolute Gasteiger partial charge is 0.0885 e. The van der Waals surface area contributed by atoms with Gasteiger partial charge in [0.2, 0.25) is 0 Å². The second kappa shape index (κ2) is 9.14. The molecule has 8 aromatic rings. The van der Waals surface area contributed by atoms with Gasteiger partial charge in [-0.3, -0.25) is 9.97 Å². The van der Waals surface area contributed by atoms with Gasteiger partial charge in [0.05, 0.1) is 11.9 Å². The summed E-state index contributed by atoms with van der Waals surface area (Å²) in [5.74, 6) is 0. The summed E-state index contributed by atoms with van der Waals surface area (Å²) < 4.78 is 0. The van der Waals surface area contributed by atoms with E-state index >= 15 is 0 Å². The van der Waals surface area contributed by atoms with Crippen molar-refractivity contribution in [3.8, 4) is 44.6 Å². The molecule has 0 spiro atoms. The Bertz CT molecular complexity index is 1970. The average molecular weight is 509 g/mol. The highest BCUT2D eigenvalue weighted by Gasteiger charge is 2.17. The molecule has 1 aromatic heterocycles. The molecule has 0 radical (unpaired) electrons. The van der Waals surface area contributed by atoms with Crippen LogP contribution in [0.15, 0.2) is 146 Å². The minimum Gasteiger partial charge on any atom is -0.261 e. The van der Waals surface area contributed by atoms with Gasteiger partial charge in [-0.25, -0.2) is 0 Å². The Kier molecular flexibility index (Phi) is 5.17. The first-order chi connectivity index (χ1) is 19.8. The quantitative estimate of drug-likeness (QED) is 0.221. The monoisotopic (exact) mass is 508 g/mol. The van der Waals surface area contributed by atoms with Crippen LogP contribution in [0.25, 0.3) is 77.0 Å². The molecule has 1 heterocycles. The Balaban J connectivity index is 1.36. The highest BCUT2D eigenvalue weighted by atomic mass is 14.8. The van der Waals surface area contributed by atoms with E-state index in [1.807, 2.05) is 6.20 Å². The topological polar surface area (TPSA) is 25.8 Å². The first-order valence-corrected chi connectivity index (χ1v) is 13.6. The molecule has 0 fully saturated rings. The maximum atomic E-state index is 4.48. The molecule has 8 rings (SSSR count). The van der Waals surface area contributed by atoms with Crippen molar-refractivity contribution >= 4 is 32.3 Å². The second-order valence-electron chi connectivity index (χ2n) is 10.3. The van der Waals surface area contributed by atoms with Gasteiger partial charge in [0.1, 0.15) is 0 Å². The third kappa shape index (κ3) is 3.65. The second-order valence-corrected chi connectivity index (χ2v) is 10.3. The molecule has 40 heavy (non-hydrogen) atoms. The van der Waals surface area contributed by atoms with Crippen LogP contribution >= 0.6 is 0 Å². The maximum absolute atomic E-state index is 4.48. The Morgan fingerprint density at radius 1 is 0.400 bits per heavy atom. The largest absolute Gasteiger partial charge is 0.261 e. The molecule has 0 aliphatic heterocycles. The van der Waals surface area contributed by atoms with E-state index in [0.717, 1.165) is 11.3 Å². The number of nitrogens with zero attached hydrogens (tertiary/aromatic N) is 2. The van der Waals surface area contributed by atoms with Crippen LogP contribution < -0.4 is 0 Å². The van der Waals surface area contributed by atoms with Gasteiger partial charge < -0.3 is 0 Å². The van der Waals surface area contributed by atoms with E-state index in [4.69, 9.17) is 0 Å². The van der Waals surface area contributed by atoms with E-state index in [1.165, 1.54) is 65.7 Å². The van der Waals surface area contributed by atoms with Crippen molar-refractivity contribution in [1.29, 1.82) is 0 Å². The highest BCUT2D eigenvalue weighted by Crippen LogP contribution is 2.44. The van der Waals surface area contributed by atoms with Gasteiger partial charge >= 0.3 is 0 Å². The van der Waals surface area contributed by atoms with Gasteiger partial charge in [0.25, 0.3) is 0 Å². The molecule has 0 saturated heterocycles. The summed E-state index contributed by atoms with van der Waals surface area (Å²) in [4.78, 5) is 8.71. The first kappa shape index (κ1) is 22.6. The van der Waals surface area contributed by atoms with E-state index in [9.17, 15) is 0 Å². The van der Waals surface area contributed by atoms with Crippen molar-refractivity contribution in [2.45, 2.75) is 0 Å². The van der Waals surface area contributed by atoms with Gasteiger partial charge in [-0.15, -0.1) is 0 Å². The fourth-order valence-electron chi connectivity index (χ4n) is 6.05. The van der Waals surface area contributed by atoms with Gasteiger partial charge in [-0.1, -0.05) is 121 Å². The minimum atomic E-state index is 0.878. The number of benzene rings is 7. The van der Waals surface area contributed by atoms with Crippen molar-refractivity contribution in [3.63, 3.8) is 0 Å². The average Bonchev–Trinajstić information content (AvgIpc) is 3.04. The van der Waals surface area contributed by atoms with Crippen LogP contribution in [-0.2, 0) is 0 Å². The lowest BCUT2D eigenvalue weighted by atomic mass is 9.85. The lowest BCUT2D eigenvalue weighted by Crippen LogP contribution is -1.91. The van der Waals surface area contributed by atoms with Crippen molar-refractivity contribution in [2.75, 3.05) is 0 Å². The van der Waals surface area contributed by atoms with Gasteiger partial charge in [0.15, 0.2) is 0 Å². The Morgan fingerprint density at radius 2 is 0.975 bits per heavy atom. The van der Waals surface area contributed by atoms with Crippen LogP contribution in [0, 0.1) is 0 Å². The number of hydrogen-bond acceptors (Lipinski definition) is 2. The zero-order valence-corrected chi connectivity index (χ0v) is 21.8. The summed E-state index contributed by atoms with van der Waals surface area (Å²) in [7, 11) is 0. The van der Waals surface area contributed by atoms with Gasteiger partial charge in [-0.05, 0) is 71.8 Å². The van der Waals surface area contributed by atoms with E-state index < -0.39 is 0 Å². The molecule has 0 amide bonds. The normalized spacial score (nSPS) is 11.5. The Hall–Kier alpha value is -5.34. The molecule has 0 atom stereocenters. The zero-order chi connectivity index (χ0) is 26.5. The molecule has 0 N–H and O–H groups in total. The fraction of sp³-hybridized carbons (Fsp3) is 0. The molecule has 2 nitrogen and oxygen atoms in total. The summed E-state index contributed by atoms with van der Waals surface area (Å²) in [6, 6.07) is 46.3. The summed E-state index contributed by atoms with van der Waals surface area (Å²) in [5.41, 5.74) is 9.28. The van der Waals surface area contributed by atoms with Crippen LogP contribution in [0.4, 0.5) is 0 Å². The van der Waals surface area contributed by atoms with Crippen molar-refractivity contribution in [3.05, 3.63) is 146 Å². The minimum absolute atomic E-state index is 0.878. The summed E-state index contributed by atoms with van der Waals surface area (Å²) >= 11 is 0. The van der Waals surface area contributed by atoms with Crippen LogP contribution in [-0.4, -0.2) is 9.97 Å². The molecule has 7 aromatic carbocycles. The van der Waals surface area contributed by atoms with Crippen LogP contribution in [0.2, 0.25) is 0 Å². The summed E-state index contributed by atoms with van der Waals surface area (Å²) in [5, 5.41) is 7.76. The molecule has 0 saturated carbocycles. The van der Waals surface area contributed by atoms with Crippen molar-refractivity contribution in [2.24, 2.45) is 0 Å². The zero-order valence-electron chi connectivity index (χ0n) is 21.8. The van der Waals surface area contributed by atoms with Gasteiger partial charge in [0, 0.05) is 18.0 Å². The third-order valence-corrected chi connectivity index (χ3v) is 8.00. The molecular weight excluding hydrogens is 484 g/mol. The molecule has 0 unspecified atom stereocenters. The molecule has 0 aliphatic rings. The fourth-order valence-corrected chi connectivity index (χ4v) is 6.05. The first-order valence-electron chi connectivity index (χ1n) is 13.6. The maximum Gasteiger partial charge on any atom is 0.0885 e. The van der Waals surface area contributed by atoms with E-state index in [0.29, 0.717) is 0 Å². The van der Waals surface area contributed by atoms with E-state index in [1.54, 1.807) is 12.4 Å². The van der Waals surface area contributed by atoms with Crippen molar-refractivity contribution in [1.82, 2.24) is 9.97 Å². The number of aromatic nitrogens is 2. The Morgan fingerprint density at radius 3 is 1.57 bits per heavy atom. The molecule has 0 aliphatic carbocycles. The third-order valence-electron chi connectivity index (χ3n) is 8.00. The lowest BCUT2D eigenvalue weighted by Gasteiger charge is -2.18. The SMILES string of the molecule is c1ccc(-c2ccc(-c3cc(-c4ccc(-c5cnccn5)cc4)c4ccc5cccc6ccc3c4c65)cc2)cc1. The molecule has 2 heteroatoms. The lowest BCUT2D eigenvalue weighted by molar-refractivity contribution is 1.21. The van der Waals surface area contributed by atoms with Crippen LogP contribution in [0.3, 0.4) is 0 Å². The number of rotatable bonds is 4. The van der Waals surface area contributed by atoms with Crippen LogP contribution in [0.1, 0.15) is 0 Å². The number of hydrogen-bond donors (Lipinski definition) is 0. The standard InChI is InChI=1S/C38H24N2/c1-2-5-25(6-3-1)26-9-11-27(12-10-26)34-23-35(28-13-15-29(16-14-28)36-24-39-21-22-40-36)33-20-18-31-8-4-7-30-17-19-32(34)38(33)37(30)31/h1-24H. The predicted octanol–water partition coefficient (Wildman–Crippen LogP) is 10.0. The highest BCUT2D eigenvalue weighted by molar-refractivity contribution is 6.28. The van der Waals surface area contributed by atoms with E-state index in [2.05, 4.69) is 137 Å². The molecular formula is C38H24N2. The Labute approximate surface area is 232 Å². The predicted molar refractivity (Wildman–Crippen MR) is 167 cm³/mol. The van der Waals surface area contributed by atoms with Crippen molar-refractivity contribution < 1.29 is 0 Å². The van der Waals surface area contributed by atoms with Crippen LogP contribution in [0.5, 0.6) is 0 Å². The molecule has 186 valence electrons. The molecule has 0 bridgehead atoms. The summed E-state index contributed by atoms with van der Waals surface area (Å²) in [6.07, 6.45) is 5.25.